The van der Waals surface area contributed by atoms with Gasteiger partial charge in [0.2, 0.25) is 21.8 Å². The lowest BCUT2D eigenvalue weighted by molar-refractivity contribution is -0.0950. The summed E-state index contributed by atoms with van der Waals surface area (Å²) < 4.78 is 46.7. The number of primary sulfonamides is 1. The number of rotatable bonds is 9. The summed E-state index contributed by atoms with van der Waals surface area (Å²) in [5, 5.41) is 18.3. The Morgan fingerprint density at radius 3 is 2.46 bits per heavy atom. The van der Waals surface area contributed by atoms with Gasteiger partial charge in [-0.15, -0.1) is 0 Å². The molecule has 2 aromatic carbocycles. The molecule has 3 N–H and O–H groups in total. The van der Waals surface area contributed by atoms with Crippen molar-refractivity contribution in [2.24, 2.45) is 10.3 Å². The van der Waals surface area contributed by atoms with Gasteiger partial charge >= 0.3 is 0 Å². The zero-order chi connectivity index (χ0) is 28.9. The molecule has 0 atom stereocenters. The summed E-state index contributed by atoms with van der Waals surface area (Å²) >= 11 is 0. The van der Waals surface area contributed by atoms with Crippen LogP contribution >= 0.6 is 0 Å². The lowest BCUT2D eigenvalue weighted by Crippen LogP contribution is -2.35. The smallest absolute Gasteiger partial charge is 0.238 e. The lowest BCUT2D eigenvalue weighted by Gasteiger charge is -2.36. The first-order valence-electron chi connectivity index (χ1n) is 12.9. The number of hydrogen-bond donors (Lipinski definition) is 2. The van der Waals surface area contributed by atoms with E-state index >= 15 is 0 Å². The summed E-state index contributed by atoms with van der Waals surface area (Å²) in [7, 11) is -2.16. The molecule has 1 aliphatic rings. The summed E-state index contributed by atoms with van der Waals surface area (Å²) in [6, 6.07) is 17.4. The number of hydrogen-bond acceptors (Lipinski definition) is 10. The Bertz CT molecular complexity index is 1610. The zero-order valence-corrected chi connectivity index (χ0v) is 23.2. The van der Waals surface area contributed by atoms with Crippen LogP contribution in [0.2, 0.25) is 0 Å². The number of aromatic nitrogens is 2. The van der Waals surface area contributed by atoms with Crippen molar-refractivity contribution in [3.63, 3.8) is 0 Å². The number of benzene rings is 2. The molecular formula is C29H30N4O7S. The molecule has 5 rings (SSSR count). The number of oxazole rings is 1. The van der Waals surface area contributed by atoms with E-state index in [4.69, 9.17) is 23.8 Å². The van der Waals surface area contributed by atoms with Crippen molar-refractivity contribution in [1.82, 2.24) is 9.97 Å². The molecule has 0 bridgehead atoms. The van der Waals surface area contributed by atoms with Crippen molar-refractivity contribution in [2.45, 2.75) is 36.4 Å². The molecule has 0 spiro atoms. The third-order valence-electron chi connectivity index (χ3n) is 7.00. The number of nitrogens with two attached hydrogens (primary N) is 1. The molecule has 0 aliphatic carbocycles. The minimum absolute atomic E-state index is 0.0000843. The first-order chi connectivity index (χ1) is 19.8. The van der Waals surface area contributed by atoms with Gasteiger partial charge in [-0.3, -0.25) is 4.98 Å². The first-order valence-corrected chi connectivity index (χ1v) is 14.5. The quantitative estimate of drug-likeness (QED) is 0.128. The molecule has 1 aliphatic heterocycles. The van der Waals surface area contributed by atoms with Gasteiger partial charge in [0.05, 0.1) is 10.5 Å². The average molecular weight is 579 g/mol. The Hall–Kier alpha value is -4.10. The molecule has 0 amide bonds. The third kappa shape index (κ3) is 6.46. The minimum Gasteiger partial charge on any atom is -0.473 e. The van der Waals surface area contributed by atoms with Gasteiger partial charge in [-0.25, -0.2) is 18.5 Å². The maximum Gasteiger partial charge on any atom is 0.238 e. The van der Waals surface area contributed by atoms with Gasteiger partial charge in [0, 0.05) is 67.8 Å². The fraction of sp³-hybridized carbons (Fsp3) is 0.276. The predicted molar refractivity (Wildman–Crippen MR) is 149 cm³/mol. The normalized spacial score (nSPS) is 15.5. The molecule has 41 heavy (non-hydrogen) atoms. The molecule has 1 saturated heterocycles. The Balaban J connectivity index is 1.36. The lowest BCUT2D eigenvalue weighted by atomic mass is 9.86. The van der Waals surface area contributed by atoms with Crippen molar-refractivity contribution < 1.29 is 32.3 Å². The summed E-state index contributed by atoms with van der Waals surface area (Å²) in [5.74, 6) is 0.664. The molecule has 12 heteroatoms. The van der Waals surface area contributed by atoms with E-state index in [0.29, 0.717) is 30.2 Å². The highest BCUT2D eigenvalue weighted by molar-refractivity contribution is 7.89. The van der Waals surface area contributed by atoms with Crippen molar-refractivity contribution in [1.29, 1.82) is 0 Å². The van der Waals surface area contributed by atoms with Crippen molar-refractivity contribution in [3.8, 4) is 22.6 Å². The topological polar surface area (TPSA) is 159 Å². The SMILES string of the molecule is COC1(c2cncc(COC(Cc3nc(-c4ccccc4)c(-c4ccc(S(N)(=O)=O)cc4)o3)=NO)c2)CCOCC1. The molecule has 3 heterocycles. The Morgan fingerprint density at radius 2 is 1.80 bits per heavy atom. The Labute approximate surface area is 237 Å². The van der Waals surface area contributed by atoms with Gasteiger partial charge in [-0.05, 0) is 30.3 Å². The van der Waals surface area contributed by atoms with Gasteiger partial charge in [-0.2, -0.15) is 0 Å². The van der Waals surface area contributed by atoms with E-state index in [9.17, 15) is 13.6 Å². The fourth-order valence-corrected chi connectivity index (χ4v) is 5.28. The fourth-order valence-electron chi connectivity index (χ4n) is 4.76. The highest BCUT2D eigenvalue weighted by atomic mass is 32.2. The van der Waals surface area contributed by atoms with E-state index in [-0.39, 0.29) is 29.7 Å². The van der Waals surface area contributed by atoms with E-state index in [1.165, 1.54) is 12.1 Å². The Kier molecular flexibility index (Phi) is 8.45. The number of sulfonamides is 1. The second-order valence-electron chi connectivity index (χ2n) is 9.57. The van der Waals surface area contributed by atoms with E-state index in [0.717, 1.165) is 29.5 Å². The first kappa shape index (κ1) is 28.4. The van der Waals surface area contributed by atoms with E-state index < -0.39 is 15.6 Å². The highest BCUT2D eigenvalue weighted by Crippen LogP contribution is 2.36. The van der Waals surface area contributed by atoms with Gasteiger partial charge in [0.25, 0.3) is 0 Å². The van der Waals surface area contributed by atoms with Crippen LogP contribution < -0.4 is 5.14 Å². The Morgan fingerprint density at radius 1 is 1.07 bits per heavy atom. The highest BCUT2D eigenvalue weighted by Gasteiger charge is 2.35. The van der Waals surface area contributed by atoms with Crippen molar-refractivity contribution in [2.75, 3.05) is 20.3 Å². The molecule has 214 valence electrons. The van der Waals surface area contributed by atoms with Crippen LogP contribution in [0.3, 0.4) is 0 Å². The van der Waals surface area contributed by atoms with E-state index in [2.05, 4.69) is 15.1 Å². The standard InChI is InChI=1S/C29H30N4O7S/c1-37-29(11-13-38-14-12-29)23-15-20(17-31-18-23)19-39-26(33-34)16-25-32-27(21-5-3-2-4-6-21)28(40-25)22-7-9-24(10-8-22)41(30,35)36/h2-10,15,17-18,34H,11-14,16,19H2,1H3,(H2,30,35,36). The van der Waals surface area contributed by atoms with Crippen LogP contribution in [0.1, 0.15) is 29.9 Å². The van der Waals surface area contributed by atoms with Crippen molar-refractivity contribution >= 4 is 15.9 Å². The third-order valence-corrected chi connectivity index (χ3v) is 7.92. The molecule has 0 unspecified atom stereocenters. The second kappa shape index (κ2) is 12.2. The number of pyridine rings is 1. The molecule has 4 aromatic rings. The monoisotopic (exact) mass is 578 g/mol. The van der Waals surface area contributed by atoms with E-state index in [1.807, 2.05) is 36.4 Å². The number of nitrogens with zero attached hydrogens (tertiary/aromatic N) is 3. The van der Waals surface area contributed by atoms with Gasteiger partial charge in [0.15, 0.2) is 5.76 Å². The van der Waals surface area contributed by atoms with Crippen LogP contribution in [0, 0.1) is 0 Å². The number of ether oxygens (including phenoxy) is 3. The molecule has 2 aromatic heterocycles. The van der Waals surface area contributed by atoms with Crippen LogP contribution in [0.5, 0.6) is 0 Å². The predicted octanol–water partition coefficient (Wildman–Crippen LogP) is 4.25. The van der Waals surface area contributed by atoms with Crippen LogP contribution in [0.15, 0.2) is 87.5 Å². The molecular weight excluding hydrogens is 548 g/mol. The van der Waals surface area contributed by atoms with Crippen LogP contribution in [-0.4, -0.2) is 49.8 Å². The van der Waals surface area contributed by atoms with Gasteiger partial charge < -0.3 is 23.8 Å². The summed E-state index contributed by atoms with van der Waals surface area (Å²) in [5.41, 5.74) is 3.18. The maximum absolute atomic E-state index is 11.7. The van der Waals surface area contributed by atoms with Crippen LogP contribution in [0.4, 0.5) is 0 Å². The number of oxime groups is 1. The van der Waals surface area contributed by atoms with Gasteiger partial charge in [0.1, 0.15) is 18.7 Å². The average Bonchev–Trinajstić information content (AvgIpc) is 3.43. The van der Waals surface area contributed by atoms with Gasteiger partial charge in [-0.1, -0.05) is 35.5 Å². The molecule has 0 saturated carbocycles. The van der Waals surface area contributed by atoms with Crippen LogP contribution in [-0.2, 0) is 42.9 Å². The van der Waals surface area contributed by atoms with Crippen LogP contribution in [0.25, 0.3) is 22.6 Å². The summed E-state index contributed by atoms with van der Waals surface area (Å²) in [6.45, 7) is 1.31. The second-order valence-corrected chi connectivity index (χ2v) is 11.1. The van der Waals surface area contributed by atoms with Crippen molar-refractivity contribution in [3.05, 3.63) is 90.1 Å². The maximum atomic E-state index is 11.7. The molecule has 11 nitrogen and oxygen atoms in total. The van der Waals surface area contributed by atoms with E-state index in [1.54, 1.807) is 31.6 Å². The minimum atomic E-state index is -3.85. The molecule has 0 radical (unpaired) electrons. The largest absolute Gasteiger partial charge is 0.473 e. The molecule has 1 fully saturated rings. The summed E-state index contributed by atoms with van der Waals surface area (Å²) in [6.07, 6.45) is 4.88. The number of methoxy groups -OCH3 is 1. The zero-order valence-electron chi connectivity index (χ0n) is 22.4. The summed E-state index contributed by atoms with van der Waals surface area (Å²) in [4.78, 5) is 8.99.